The van der Waals surface area contributed by atoms with Crippen molar-refractivity contribution in [2.45, 2.75) is 6.54 Å². The molecule has 0 aliphatic heterocycles. The molecule has 0 amide bonds. The number of benzene rings is 2. The van der Waals surface area contributed by atoms with Crippen LogP contribution in [0.5, 0.6) is 0 Å². The van der Waals surface area contributed by atoms with Gasteiger partial charge in [-0.3, -0.25) is 9.36 Å². The fourth-order valence-corrected chi connectivity index (χ4v) is 2.61. The number of fused-ring (bicyclic) bond motifs is 1. The standard InChI is InChI=1S/C16H14N2OS/c1-17-14-10-6-5-9-13(14)15(19)18(16(17)20)11-12-7-3-2-4-8-12/h2-10H,11H2,1H3. The van der Waals surface area contributed by atoms with Gasteiger partial charge in [0.1, 0.15) is 0 Å². The van der Waals surface area contributed by atoms with Gasteiger partial charge in [0.2, 0.25) is 0 Å². The Balaban J connectivity index is 2.27. The minimum absolute atomic E-state index is 0.0347. The maximum Gasteiger partial charge on any atom is 0.262 e. The summed E-state index contributed by atoms with van der Waals surface area (Å²) < 4.78 is 4.07. The first-order valence-electron chi connectivity index (χ1n) is 6.41. The van der Waals surface area contributed by atoms with Gasteiger partial charge < -0.3 is 4.57 Å². The monoisotopic (exact) mass is 282 g/mol. The molecule has 0 atom stereocenters. The van der Waals surface area contributed by atoms with E-state index in [2.05, 4.69) is 0 Å². The highest BCUT2D eigenvalue weighted by molar-refractivity contribution is 7.71. The molecule has 1 heterocycles. The van der Waals surface area contributed by atoms with E-state index in [9.17, 15) is 4.79 Å². The first-order chi connectivity index (χ1) is 9.68. The predicted molar refractivity (Wildman–Crippen MR) is 83.6 cm³/mol. The van der Waals surface area contributed by atoms with Gasteiger partial charge in [-0.15, -0.1) is 0 Å². The largest absolute Gasteiger partial charge is 0.321 e. The van der Waals surface area contributed by atoms with Gasteiger partial charge in [-0.2, -0.15) is 0 Å². The SMILES string of the molecule is Cn1c(=S)n(Cc2ccccc2)c(=O)c2ccccc21. The number of para-hydroxylation sites is 1. The molecule has 20 heavy (non-hydrogen) atoms. The van der Waals surface area contributed by atoms with Gasteiger partial charge in [-0.1, -0.05) is 42.5 Å². The Morgan fingerprint density at radius 3 is 2.40 bits per heavy atom. The first kappa shape index (κ1) is 12.8. The van der Waals surface area contributed by atoms with Crippen molar-refractivity contribution in [2.75, 3.05) is 0 Å². The van der Waals surface area contributed by atoms with Crippen molar-refractivity contribution in [3.05, 3.63) is 75.3 Å². The highest BCUT2D eigenvalue weighted by Gasteiger charge is 2.08. The molecule has 1 aromatic heterocycles. The van der Waals surface area contributed by atoms with Gasteiger partial charge in [0.05, 0.1) is 17.4 Å². The van der Waals surface area contributed by atoms with Crippen LogP contribution in [0, 0.1) is 4.77 Å². The minimum Gasteiger partial charge on any atom is -0.321 e. The molecule has 4 heteroatoms. The molecule has 0 N–H and O–H groups in total. The molecular formula is C16H14N2OS. The molecule has 0 aliphatic rings. The Hall–Kier alpha value is -2.20. The number of hydrogen-bond donors (Lipinski definition) is 0. The fraction of sp³-hybridized carbons (Fsp3) is 0.125. The molecule has 0 saturated carbocycles. The van der Waals surface area contributed by atoms with Crippen LogP contribution in [-0.2, 0) is 13.6 Å². The van der Waals surface area contributed by atoms with E-state index >= 15 is 0 Å². The summed E-state index contributed by atoms with van der Waals surface area (Å²) in [5, 5.41) is 0.694. The Morgan fingerprint density at radius 1 is 1.00 bits per heavy atom. The Bertz CT molecular complexity index is 878. The van der Waals surface area contributed by atoms with Crippen molar-refractivity contribution in [2.24, 2.45) is 7.05 Å². The van der Waals surface area contributed by atoms with Crippen LogP contribution in [0.3, 0.4) is 0 Å². The second-order valence-electron chi connectivity index (χ2n) is 4.74. The summed E-state index contributed by atoms with van der Waals surface area (Å²) in [4.78, 5) is 12.6. The van der Waals surface area contributed by atoms with E-state index in [0.717, 1.165) is 11.1 Å². The molecule has 3 aromatic rings. The lowest BCUT2D eigenvalue weighted by molar-refractivity contribution is 0.688. The maximum atomic E-state index is 12.6. The van der Waals surface area contributed by atoms with Gasteiger partial charge in [0.15, 0.2) is 4.77 Å². The highest BCUT2D eigenvalue weighted by Crippen LogP contribution is 2.10. The van der Waals surface area contributed by atoms with E-state index in [1.807, 2.05) is 66.2 Å². The van der Waals surface area contributed by atoms with E-state index in [1.54, 1.807) is 4.57 Å². The third-order valence-corrected chi connectivity index (χ3v) is 3.94. The summed E-state index contributed by atoms with van der Waals surface area (Å²) >= 11 is 5.43. The van der Waals surface area contributed by atoms with E-state index in [4.69, 9.17) is 12.2 Å². The zero-order valence-corrected chi connectivity index (χ0v) is 11.9. The van der Waals surface area contributed by atoms with Crippen LogP contribution in [0.2, 0.25) is 0 Å². The highest BCUT2D eigenvalue weighted by atomic mass is 32.1. The van der Waals surface area contributed by atoms with Crippen LogP contribution in [0.15, 0.2) is 59.4 Å². The summed E-state index contributed by atoms with van der Waals surface area (Å²) in [7, 11) is 1.89. The lowest BCUT2D eigenvalue weighted by Crippen LogP contribution is -2.25. The molecule has 0 radical (unpaired) electrons. The van der Waals surface area contributed by atoms with Crippen molar-refractivity contribution in [1.29, 1.82) is 0 Å². The Kier molecular flexibility index (Phi) is 3.24. The number of hydrogen-bond acceptors (Lipinski definition) is 2. The molecule has 0 fully saturated rings. The summed E-state index contributed by atoms with van der Waals surface area (Å²) in [5.74, 6) is 0. The molecule has 3 rings (SSSR count). The van der Waals surface area contributed by atoms with Gasteiger partial charge in [-0.05, 0) is 29.9 Å². The third-order valence-electron chi connectivity index (χ3n) is 3.44. The quantitative estimate of drug-likeness (QED) is 0.675. The van der Waals surface area contributed by atoms with Gasteiger partial charge >= 0.3 is 0 Å². The van der Waals surface area contributed by atoms with Crippen LogP contribution in [0.25, 0.3) is 10.9 Å². The first-order valence-corrected chi connectivity index (χ1v) is 6.82. The molecule has 100 valence electrons. The van der Waals surface area contributed by atoms with Gasteiger partial charge in [0.25, 0.3) is 5.56 Å². The van der Waals surface area contributed by atoms with Gasteiger partial charge in [0, 0.05) is 7.05 Å². The minimum atomic E-state index is -0.0347. The molecule has 0 aliphatic carbocycles. The van der Waals surface area contributed by atoms with E-state index in [-0.39, 0.29) is 5.56 Å². The second kappa shape index (κ2) is 5.06. The van der Waals surface area contributed by atoms with Crippen LogP contribution < -0.4 is 5.56 Å². The normalized spacial score (nSPS) is 10.8. The maximum absolute atomic E-state index is 12.6. The number of aromatic nitrogens is 2. The van der Waals surface area contributed by atoms with Crippen LogP contribution in [0.4, 0.5) is 0 Å². The molecule has 2 aromatic carbocycles. The van der Waals surface area contributed by atoms with Crippen LogP contribution in [-0.4, -0.2) is 9.13 Å². The topological polar surface area (TPSA) is 26.9 Å². The van der Waals surface area contributed by atoms with E-state index < -0.39 is 0 Å². The van der Waals surface area contributed by atoms with Crippen molar-refractivity contribution in [3.8, 4) is 0 Å². The lowest BCUT2D eigenvalue weighted by atomic mass is 10.2. The average Bonchev–Trinajstić information content (AvgIpc) is 2.50. The molecule has 0 bridgehead atoms. The zero-order chi connectivity index (χ0) is 14.1. The summed E-state index contributed by atoms with van der Waals surface area (Å²) in [6.45, 7) is 0.497. The van der Waals surface area contributed by atoms with Crippen molar-refractivity contribution in [3.63, 3.8) is 0 Å². The van der Waals surface area contributed by atoms with E-state index in [1.165, 1.54) is 0 Å². The van der Waals surface area contributed by atoms with Crippen LogP contribution in [0.1, 0.15) is 5.56 Å². The van der Waals surface area contributed by atoms with Crippen LogP contribution >= 0.6 is 12.2 Å². The van der Waals surface area contributed by atoms with Crippen molar-refractivity contribution < 1.29 is 0 Å². The fourth-order valence-electron chi connectivity index (χ4n) is 2.37. The average molecular weight is 282 g/mol. The second-order valence-corrected chi connectivity index (χ2v) is 5.10. The summed E-state index contributed by atoms with van der Waals surface area (Å²) in [6.07, 6.45) is 0. The van der Waals surface area contributed by atoms with E-state index in [0.29, 0.717) is 16.7 Å². The molecule has 0 saturated heterocycles. The Morgan fingerprint density at radius 2 is 1.65 bits per heavy atom. The summed E-state index contributed by atoms with van der Waals surface area (Å²) in [5.41, 5.74) is 1.90. The smallest absolute Gasteiger partial charge is 0.262 e. The van der Waals surface area contributed by atoms with Crippen molar-refractivity contribution in [1.82, 2.24) is 9.13 Å². The van der Waals surface area contributed by atoms with Gasteiger partial charge in [-0.25, -0.2) is 0 Å². The number of rotatable bonds is 2. The lowest BCUT2D eigenvalue weighted by Gasteiger charge is -2.12. The molecule has 0 unspecified atom stereocenters. The van der Waals surface area contributed by atoms with Crippen molar-refractivity contribution >= 4 is 23.1 Å². The molecule has 0 spiro atoms. The summed E-state index contributed by atoms with van der Waals surface area (Å²) in [6, 6.07) is 17.4. The predicted octanol–water partition coefficient (Wildman–Crippen LogP) is 3.12. The number of aryl methyl sites for hydroxylation is 1. The Labute approximate surface area is 121 Å². The third kappa shape index (κ3) is 2.08. The zero-order valence-electron chi connectivity index (χ0n) is 11.1. The molecule has 3 nitrogen and oxygen atoms in total. The molecular weight excluding hydrogens is 268 g/mol. The number of nitrogens with zero attached hydrogens (tertiary/aromatic N) is 2.